The van der Waals surface area contributed by atoms with Crippen LogP contribution >= 0.6 is 0 Å². The molecule has 0 aliphatic carbocycles. The van der Waals surface area contributed by atoms with Crippen molar-refractivity contribution < 1.29 is 13.7 Å². The van der Waals surface area contributed by atoms with E-state index in [0.29, 0.717) is 13.2 Å². The van der Waals surface area contributed by atoms with Crippen LogP contribution in [0.3, 0.4) is 0 Å². The maximum atomic E-state index is 12.2. The molecule has 0 radical (unpaired) electrons. The Balaban J connectivity index is 2.40. The molecule has 6 heteroatoms. The summed E-state index contributed by atoms with van der Waals surface area (Å²) in [4.78, 5) is 0. The van der Waals surface area contributed by atoms with Crippen molar-refractivity contribution in [2.75, 3.05) is 19.4 Å². The van der Waals surface area contributed by atoms with Gasteiger partial charge in [-0.3, -0.25) is 0 Å². The van der Waals surface area contributed by atoms with Crippen LogP contribution in [-0.4, -0.2) is 34.7 Å². The Labute approximate surface area is 110 Å². The van der Waals surface area contributed by atoms with Crippen molar-refractivity contribution >= 4 is 9.73 Å². The Bertz CT molecular complexity index is 414. The molecule has 0 spiro atoms. The lowest BCUT2D eigenvalue weighted by Gasteiger charge is -2.18. The molecule has 2 atom stereocenters. The maximum absolute atomic E-state index is 12.2. The number of nitriles is 1. The molecule has 0 bridgehead atoms. The summed E-state index contributed by atoms with van der Waals surface area (Å²) in [6, 6.07) is 2.03. The number of rotatable bonds is 5. The van der Waals surface area contributed by atoms with Gasteiger partial charge >= 0.3 is 0 Å². The first-order valence-electron chi connectivity index (χ1n) is 6.06. The van der Waals surface area contributed by atoms with Gasteiger partial charge in [-0.2, -0.15) is 10.00 Å². The summed E-state index contributed by atoms with van der Waals surface area (Å²) < 4.78 is 26.1. The Morgan fingerprint density at radius 3 is 2.94 bits per heavy atom. The van der Waals surface area contributed by atoms with Crippen molar-refractivity contribution in [1.82, 2.24) is 0 Å². The molecule has 0 aromatic rings. The second-order valence-electron chi connectivity index (χ2n) is 4.81. The van der Waals surface area contributed by atoms with E-state index in [1.165, 1.54) is 6.26 Å². The SMILES string of the molecule is CC(C)(C#N)S(C)(=O)=NCCOC1CCC[CH+]O1. The number of ether oxygens (including phenoxy) is 2. The van der Waals surface area contributed by atoms with Crippen LogP contribution < -0.4 is 0 Å². The molecule has 0 N–H and O–H groups in total. The Morgan fingerprint density at radius 2 is 2.39 bits per heavy atom. The number of nitrogens with zero attached hydrogens (tertiary/aromatic N) is 2. The van der Waals surface area contributed by atoms with Gasteiger partial charge in [-0.15, -0.1) is 0 Å². The first-order valence-corrected chi connectivity index (χ1v) is 7.99. The minimum absolute atomic E-state index is 0.203. The second kappa shape index (κ2) is 6.41. The first-order chi connectivity index (χ1) is 8.39. The maximum Gasteiger partial charge on any atom is 0.231 e. The van der Waals surface area contributed by atoms with Gasteiger partial charge in [0, 0.05) is 12.7 Å². The zero-order chi connectivity index (χ0) is 13.6. The second-order valence-corrected chi connectivity index (χ2v) is 7.70. The van der Waals surface area contributed by atoms with Crippen molar-refractivity contribution in [3.8, 4) is 6.07 Å². The molecule has 0 saturated carbocycles. The highest BCUT2D eigenvalue weighted by Crippen LogP contribution is 2.18. The molecule has 0 amide bonds. The van der Waals surface area contributed by atoms with Crippen LogP contribution in [0.25, 0.3) is 0 Å². The Kier molecular flexibility index (Phi) is 5.45. The van der Waals surface area contributed by atoms with Gasteiger partial charge in [-0.1, -0.05) is 0 Å². The Hall–Kier alpha value is -0.770. The van der Waals surface area contributed by atoms with Crippen LogP contribution in [0.1, 0.15) is 33.1 Å². The lowest BCUT2D eigenvalue weighted by molar-refractivity contribution is -0.137. The van der Waals surface area contributed by atoms with Crippen molar-refractivity contribution in [1.29, 1.82) is 5.26 Å². The van der Waals surface area contributed by atoms with Crippen molar-refractivity contribution in [3.05, 3.63) is 6.61 Å². The van der Waals surface area contributed by atoms with Crippen LogP contribution in [-0.2, 0) is 19.2 Å². The van der Waals surface area contributed by atoms with E-state index in [-0.39, 0.29) is 6.29 Å². The fourth-order valence-corrected chi connectivity index (χ4v) is 2.29. The third-order valence-electron chi connectivity index (χ3n) is 2.96. The predicted octanol–water partition coefficient (Wildman–Crippen LogP) is 2.09. The van der Waals surface area contributed by atoms with Gasteiger partial charge in [0.05, 0.1) is 28.9 Å². The summed E-state index contributed by atoms with van der Waals surface area (Å²) in [5.41, 5.74) is 0. The quantitative estimate of drug-likeness (QED) is 0.568. The zero-order valence-corrected chi connectivity index (χ0v) is 12.0. The minimum Gasteiger partial charge on any atom is -0.346 e. The standard InChI is InChI=1S/C12H21N2O3S/c1-12(2,10-13)18(3,15)14-7-9-17-11-6-4-5-8-16-11/h8,11H,4-7,9H2,1-3H3/q+1. The van der Waals surface area contributed by atoms with Crippen LogP contribution in [0.4, 0.5) is 0 Å². The molecule has 0 aromatic heterocycles. The molecule has 5 nitrogen and oxygen atoms in total. The summed E-state index contributed by atoms with van der Waals surface area (Å²) in [6.45, 7) is 5.72. The average molecular weight is 273 g/mol. The topological polar surface area (TPSA) is 71.7 Å². The molecular weight excluding hydrogens is 252 g/mol. The summed E-state index contributed by atoms with van der Waals surface area (Å²) in [6.07, 6.45) is 4.21. The highest BCUT2D eigenvalue weighted by molar-refractivity contribution is 7.94. The smallest absolute Gasteiger partial charge is 0.231 e. The van der Waals surface area contributed by atoms with Gasteiger partial charge in [0.25, 0.3) is 0 Å². The van der Waals surface area contributed by atoms with Gasteiger partial charge in [0.15, 0.2) is 0 Å². The van der Waals surface area contributed by atoms with Crippen molar-refractivity contribution in [3.63, 3.8) is 0 Å². The van der Waals surface area contributed by atoms with Gasteiger partial charge in [-0.25, -0.2) is 8.57 Å². The lowest BCUT2D eigenvalue weighted by atomic mass is 10.2. The van der Waals surface area contributed by atoms with E-state index in [1.807, 2.05) is 6.07 Å². The molecule has 1 heterocycles. The summed E-state index contributed by atoms with van der Waals surface area (Å²) in [7, 11) is -2.53. The highest BCUT2D eigenvalue weighted by atomic mass is 32.2. The van der Waals surface area contributed by atoms with Gasteiger partial charge in [0.2, 0.25) is 12.9 Å². The van der Waals surface area contributed by atoms with Gasteiger partial charge in [-0.05, 0) is 20.3 Å². The van der Waals surface area contributed by atoms with Crippen molar-refractivity contribution in [2.24, 2.45) is 4.36 Å². The first kappa shape index (κ1) is 15.3. The molecule has 1 aliphatic heterocycles. The van der Waals surface area contributed by atoms with E-state index in [0.717, 1.165) is 19.3 Å². The van der Waals surface area contributed by atoms with E-state index in [2.05, 4.69) is 4.36 Å². The van der Waals surface area contributed by atoms with Crippen LogP contribution in [0.5, 0.6) is 0 Å². The monoisotopic (exact) mass is 273 g/mol. The zero-order valence-electron chi connectivity index (χ0n) is 11.2. The largest absolute Gasteiger partial charge is 0.346 e. The molecular formula is C12H21N2O3S+. The normalized spacial score (nSPS) is 23.6. The number of hydrogen-bond acceptors (Lipinski definition) is 5. The fourth-order valence-electron chi connectivity index (χ4n) is 1.38. The summed E-state index contributed by atoms with van der Waals surface area (Å²) in [5.74, 6) is 0. The van der Waals surface area contributed by atoms with E-state index in [9.17, 15) is 4.21 Å². The number of hydrogen-bond donors (Lipinski definition) is 0. The molecule has 1 rings (SSSR count). The minimum atomic E-state index is -2.53. The van der Waals surface area contributed by atoms with E-state index in [4.69, 9.17) is 14.7 Å². The average Bonchev–Trinajstić information content (AvgIpc) is 2.36. The molecule has 1 fully saturated rings. The fraction of sp³-hybridized carbons (Fsp3) is 0.833. The summed E-state index contributed by atoms with van der Waals surface area (Å²) >= 11 is 0. The molecule has 1 aliphatic rings. The third kappa shape index (κ3) is 4.16. The molecule has 102 valence electrons. The Morgan fingerprint density at radius 1 is 1.67 bits per heavy atom. The third-order valence-corrected chi connectivity index (χ3v) is 5.62. The van der Waals surface area contributed by atoms with Crippen LogP contribution in [0.2, 0.25) is 0 Å². The van der Waals surface area contributed by atoms with E-state index >= 15 is 0 Å². The molecule has 0 aromatic carbocycles. The summed E-state index contributed by atoms with van der Waals surface area (Å²) in [5, 5.41) is 8.95. The highest BCUT2D eigenvalue weighted by Gasteiger charge is 2.28. The van der Waals surface area contributed by atoms with E-state index in [1.54, 1.807) is 20.5 Å². The van der Waals surface area contributed by atoms with Crippen molar-refractivity contribution in [2.45, 2.75) is 44.1 Å². The van der Waals surface area contributed by atoms with Gasteiger partial charge < -0.3 is 4.74 Å². The van der Waals surface area contributed by atoms with E-state index < -0.39 is 14.5 Å². The molecule has 1 saturated heterocycles. The van der Waals surface area contributed by atoms with Crippen LogP contribution in [0, 0.1) is 17.9 Å². The lowest BCUT2D eigenvalue weighted by Crippen LogP contribution is -2.29. The van der Waals surface area contributed by atoms with Gasteiger partial charge in [0.1, 0.15) is 11.2 Å². The van der Waals surface area contributed by atoms with Crippen LogP contribution in [0.15, 0.2) is 4.36 Å². The molecule has 18 heavy (non-hydrogen) atoms. The predicted molar refractivity (Wildman–Crippen MR) is 70.0 cm³/mol. The molecule has 2 unspecified atom stereocenters.